The van der Waals surface area contributed by atoms with Gasteiger partial charge in [-0.3, -0.25) is 0 Å². The van der Waals surface area contributed by atoms with Crippen LogP contribution in [0.1, 0.15) is 18.4 Å². The van der Waals surface area contributed by atoms with E-state index in [1.807, 2.05) is 0 Å². The molecule has 1 atom stereocenters. The second-order valence-electron chi connectivity index (χ2n) is 6.04. The Hall–Kier alpha value is -0.586. The number of rotatable bonds is 3. The van der Waals surface area contributed by atoms with Crippen LogP contribution < -0.4 is 9.61 Å². The van der Waals surface area contributed by atoms with E-state index in [0.29, 0.717) is 0 Å². The van der Waals surface area contributed by atoms with E-state index in [-0.39, 0.29) is 0 Å². The molecule has 1 fully saturated rings. The van der Waals surface area contributed by atoms with Gasteiger partial charge in [-0.25, -0.2) is 0 Å². The third kappa shape index (κ3) is 3.46. The fourth-order valence-electron chi connectivity index (χ4n) is 2.41. The van der Waals surface area contributed by atoms with Crippen LogP contribution in [-0.4, -0.2) is 24.0 Å². The quantitative estimate of drug-likeness (QED) is 0.793. The molecule has 18 heavy (non-hydrogen) atoms. The van der Waals surface area contributed by atoms with Crippen molar-refractivity contribution in [2.45, 2.75) is 45.5 Å². The average Bonchev–Trinajstić information content (AvgIpc) is 2.31. The predicted molar refractivity (Wildman–Crippen MR) is 81.9 cm³/mol. The monoisotopic (exact) mass is 280 g/mol. The molecular weight excluding hydrogens is 256 g/mol. The highest BCUT2D eigenvalue weighted by molar-refractivity contribution is 6.70. The summed E-state index contributed by atoms with van der Waals surface area (Å²) in [6.07, 6.45) is 2.56. The van der Waals surface area contributed by atoms with Gasteiger partial charge in [0.25, 0.3) is 0 Å². The van der Waals surface area contributed by atoms with Gasteiger partial charge >= 0.3 is 0 Å². The molecule has 0 radical (unpaired) electrons. The van der Waals surface area contributed by atoms with Crippen LogP contribution in [0.25, 0.3) is 0 Å². The maximum atomic E-state index is 6.17. The first-order valence-corrected chi connectivity index (χ1v) is 12.1. The van der Waals surface area contributed by atoms with Crippen molar-refractivity contribution in [3.8, 4) is 5.75 Å². The van der Waals surface area contributed by atoms with Crippen molar-refractivity contribution < 1.29 is 8.85 Å². The first-order chi connectivity index (χ1) is 8.47. The molecule has 1 saturated heterocycles. The summed E-state index contributed by atoms with van der Waals surface area (Å²) in [4.78, 5) is 0. The Morgan fingerprint density at radius 2 is 2.00 bits per heavy atom. The van der Waals surface area contributed by atoms with Crippen LogP contribution in [-0.2, 0) is 4.43 Å². The molecule has 2 rings (SSSR count). The molecule has 0 amide bonds. The van der Waals surface area contributed by atoms with Gasteiger partial charge in [-0.15, -0.1) is 0 Å². The highest BCUT2D eigenvalue weighted by Gasteiger charge is 2.23. The van der Waals surface area contributed by atoms with E-state index in [2.05, 4.69) is 44.8 Å². The van der Waals surface area contributed by atoms with Crippen molar-refractivity contribution in [2.75, 3.05) is 6.61 Å². The summed E-state index contributed by atoms with van der Waals surface area (Å²) in [6.45, 7) is 9.83. The molecule has 0 bridgehead atoms. The summed E-state index contributed by atoms with van der Waals surface area (Å²) in [5, 5.41) is 1.45. The highest BCUT2D eigenvalue weighted by Crippen LogP contribution is 2.22. The van der Waals surface area contributed by atoms with E-state index < -0.39 is 17.4 Å². The molecule has 1 unspecified atom stereocenters. The van der Waals surface area contributed by atoms with Gasteiger partial charge in [0.2, 0.25) is 17.4 Å². The topological polar surface area (TPSA) is 18.5 Å². The van der Waals surface area contributed by atoms with Crippen LogP contribution in [0.15, 0.2) is 18.2 Å². The lowest BCUT2D eigenvalue weighted by Crippen LogP contribution is -2.39. The first-order valence-electron chi connectivity index (χ1n) is 6.87. The van der Waals surface area contributed by atoms with Crippen molar-refractivity contribution in [1.29, 1.82) is 0 Å². The zero-order valence-electron chi connectivity index (χ0n) is 12.0. The summed E-state index contributed by atoms with van der Waals surface area (Å²) >= 11 is 0. The Morgan fingerprint density at radius 3 is 2.61 bits per heavy atom. The van der Waals surface area contributed by atoms with E-state index in [4.69, 9.17) is 8.85 Å². The lowest BCUT2D eigenvalue weighted by Gasteiger charge is -2.26. The summed E-state index contributed by atoms with van der Waals surface area (Å²) in [6, 6.07) is 7.75. The van der Waals surface area contributed by atoms with Gasteiger partial charge in [0, 0.05) is 6.61 Å². The van der Waals surface area contributed by atoms with Crippen LogP contribution in [0.3, 0.4) is 0 Å². The zero-order chi connectivity index (χ0) is 13.2. The van der Waals surface area contributed by atoms with Crippen molar-refractivity contribution in [3.63, 3.8) is 0 Å². The van der Waals surface area contributed by atoms with E-state index in [0.717, 1.165) is 12.4 Å². The SMILES string of the molecule is Cc1c(O[Si](C)(C)C)cccc1[SiH]1CCCCO1. The maximum Gasteiger partial charge on any atom is 0.242 e. The molecule has 0 saturated carbocycles. The van der Waals surface area contributed by atoms with Crippen molar-refractivity contribution in [1.82, 2.24) is 0 Å². The number of benzene rings is 1. The lowest BCUT2D eigenvalue weighted by molar-refractivity contribution is 0.294. The molecule has 1 aromatic rings. The van der Waals surface area contributed by atoms with Gasteiger partial charge in [0.05, 0.1) is 0 Å². The highest BCUT2D eigenvalue weighted by atomic mass is 28.4. The third-order valence-electron chi connectivity index (χ3n) is 3.27. The van der Waals surface area contributed by atoms with E-state index in [1.165, 1.54) is 29.6 Å². The second kappa shape index (κ2) is 5.59. The Morgan fingerprint density at radius 1 is 1.22 bits per heavy atom. The normalized spacial score (nSPS) is 20.8. The van der Waals surface area contributed by atoms with Crippen LogP contribution >= 0.6 is 0 Å². The smallest absolute Gasteiger partial charge is 0.242 e. The van der Waals surface area contributed by atoms with Crippen molar-refractivity contribution >= 4 is 22.5 Å². The Balaban J connectivity index is 2.23. The molecule has 1 heterocycles. The van der Waals surface area contributed by atoms with Crippen LogP contribution in [0.2, 0.25) is 25.7 Å². The Labute approximate surface area is 113 Å². The van der Waals surface area contributed by atoms with Gasteiger partial charge in [-0.1, -0.05) is 18.6 Å². The van der Waals surface area contributed by atoms with Crippen molar-refractivity contribution in [2.24, 2.45) is 0 Å². The Kier molecular flexibility index (Phi) is 4.30. The largest absolute Gasteiger partial charge is 0.544 e. The second-order valence-corrected chi connectivity index (χ2v) is 13.0. The van der Waals surface area contributed by atoms with Gasteiger partial charge in [-0.05, 0) is 55.8 Å². The van der Waals surface area contributed by atoms with Gasteiger partial charge in [-0.2, -0.15) is 0 Å². The molecule has 0 aromatic heterocycles. The number of hydrogen-bond acceptors (Lipinski definition) is 2. The Bertz CT molecular complexity index is 407. The lowest BCUT2D eigenvalue weighted by atomic mass is 10.2. The molecule has 100 valence electrons. The molecule has 1 aliphatic heterocycles. The minimum atomic E-state index is -1.53. The van der Waals surface area contributed by atoms with Crippen molar-refractivity contribution in [3.05, 3.63) is 23.8 Å². The summed E-state index contributed by atoms with van der Waals surface area (Å²) in [7, 11) is -2.71. The maximum absolute atomic E-state index is 6.17. The molecular formula is C14H24O2Si2. The fourth-order valence-corrected chi connectivity index (χ4v) is 6.01. The minimum absolute atomic E-state index is 0.954. The summed E-state index contributed by atoms with van der Waals surface area (Å²) in [5.74, 6) is 1.08. The van der Waals surface area contributed by atoms with Gasteiger partial charge < -0.3 is 8.85 Å². The van der Waals surface area contributed by atoms with E-state index in [9.17, 15) is 0 Å². The van der Waals surface area contributed by atoms with Crippen LogP contribution in [0.4, 0.5) is 0 Å². The number of hydrogen-bond donors (Lipinski definition) is 0. The zero-order valence-corrected chi connectivity index (χ0v) is 14.1. The summed E-state index contributed by atoms with van der Waals surface area (Å²) < 4.78 is 12.2. The summed E-state index contributed by atoms with van der Waals surface area (Å²) in [5.41, 5.74) is 1.32. The molecule has 4 heteroatoms. The molecule has 0 N–H and O–H groups in total. The van der Waals surface area contributed by atoms with Crippen LogP contribution in [0.5, 0.6) is 5.75 Å². The molecule has 1 aromatic carbocycles. The predicted octanol–water partition coefficient (Wildman–Crippen LogP) is 2.95. The van der Waals surface area contributed by atoms with Gasteiger partial charge in [0.1, 0.15) is 5.75 Å². The molecule has 0 aliphatic carbocycles. The fraction of sp³-hybridized carbons (Fsp3) is 0.571. The molecule has 0 spiro atoms. The van der Waals surface area contributed by atoms with Gasteiger partial charge in [0.15, 0.2) is 0 Å². The molecule has 2 nitrogen and oxygen atoms in total. The standard InChI is InChI=1S/C14H24O2Si2/c1-12-13(16-18(2,3)4)8-7-9-14(12)17-11-6-5-10-15-17/h7-9,17H,5-6,10-11H2,1-4H3. The average molecular weight is 281 g/mol. The minimum Gasteiger partial charge on any atom is -0.544 e. The van der Waals surface area contributed by atoms with Crippen LogP contribution in [0, 0.1) is 6.92 Å². The third-order valence-corrected chi connectivity index (χ3v) is 6.99. The van der Waals surface area contributed by atoms with E-state index in [1.54, 1.807) is 0 Å². The van der Waals surface area contributed by atoms with E-state index >= 15 is 0 Å². The molecule has 1 aliphatic rings. The first kappa shape index (κ1) is 13.8.